The van der Waals surface area contributed by atoms with Crippen LogP contribution in [0.5, 0.6) is 0 Å². The summed E-state index contributed by atoms with van der Waals surface area (Å²) in [6.07, 6.45) is 10.2. The number of allylic oxidation sites excluding steroid dienone is 1. The highest BCUT2D eigenvalue weighted by Crippen LogP contribution is 2.26. The number of carboxylic acids is 1. The maximum absolute atomic E-state index is 10.5. The Morgan fingerprint density at radius 2 is 2.00 bits per heavy atom. The van der Waals surface area contributed by atoms with E-state index in [0.717, 1.165) is 12.8 Å². The van der Waals surface area contributed by atoms with Crippen molar-refractivity contribution in [2.75, 3.05) is 0 Å². The van der Waals surface area contributed by atoms with Gasteiger partial charge in [-0.3, -0.25) is 4.79 Å². The first-order chi connectivity index (χ1) is 12.4. The number of ether oxygens (including phenoxy) is 1. The molecule has 0 aromatic heterocycles. The summed E-state index contributed by atoms with van der Waals surface area (Å²) >= 11 is 0. The van der Waals surface area contributed by atoms with Crippen LogP contribution in [0.1, 0.15) is 64.7 Å². The number of rotatable bonds is 13. The predicted molar refractivity (Wildman–Crippen MR) is 99.8 cm³/mol. The van der Waals surface area contributed by atoms with Crippen LogP contribution in [0.25, 0.3) is 0 Å². The highest BCUT2D eigenvalue weighted by Gasteiger charge is 2.36. The van der Waals surface area contributed by atoms with Crippen molar-refractivity contribution >= 4 is 5.97 Å². The van der Waals surface area contributed by atoms with E-state index in [-0.39, 0.29) is 6.42 Å². The van der Waals surface area contributed by atoms with Crippen LogP contribution in [0, 0.1) is 0 Å². The van der Waals surface area contributed by atoms with Gasteiger partial charge in [-0.1, -0.05) is 44.1 Å². The lowest BCUT2D eigenvalue weighted by Crippen LogP contribution is -2.26. The number of aliphatic hydroxyl groups excluding tert-OH is 3. The van der Waals surface area contributed by atoms with Crippen molar-refractivity contribution in [2.24, 2.45) is 0 Å². The van der Waals surface area contributed by atoms with E-state index in [2.05, 4.69) is 13.0 Å². The molecule has 26 heavy (non-hydrogen) atoms. The third-order valence-corrected chi connectivity index (χ3v) is 4.55. The molecular weight excluding hydrogens is 336 g/mol. The Morgan fingerprint density at radius 3 is 2.69 bits per heavy atom. The monoisotopic (exact) mass is 370 g/mol. The Kier molecular flexibility index (Phi) is 11.4. The topological polar surface area (TPSA) is 107 Å². The number of carbonyl (C=O) groups is 1. The van der Waals surface area contributed by atoms with Gasteiger partial charge in [0.15, 0.2) is 0 Å². The number of hydrogen-bond acceptors (Lipinski definition) is 5. The first-order valence-electron chi connectivity index (χ1n) is 9.68. The third kappa shape index (κ3) is 9.48. The van der Waals surface area contributed by atoms with Gasteiger partial charge in [-0.25, -0.2) is 0 Å². The van der Waals surface area contributed by atoms with Gasteiger partial charge in [0, 0.05) is 12.8 Å². The molecule has 6 nitrogen and oxygen atoms in total. The van der Waals surface area contributed by atoms with Crippen LogP contribution >= 0.6 is 0 Å². The second-order valence-electron chi connectivity index (χ2n) is 6.95. The molecule has 0 bridgehead atoms. The molecule has 1 fully saturated rings. The smallest absolute Gasteiger partial charge is 0.303 e. The predicted octanol–water partition coefficient (Wildman–Crippen LogP) is 2.56. The van der Waals surface area contributed by atoms with Gasteiger partial charge in [0.2, 0.25) is 0 Å². The van der Waals surface area contributed by atoms with Gasteiger partial charge < -0.3 is 25.2 Å². The number of unbranched alkanes of at least 4 members (excludes halogenated alkanes) is 3. The molecule has 4 N–H and O–H groups in total. The molecule has 0 saturated carbocycles. The fourth-order valence-corrected chi connectivity index (χ4v) is 2.97. The van der Waals surface area contributed by atoms with Gasteiger partial charge >= 0.3 is 5.97 Å². The van der Waals surface area contributed by atoms with Crippen molar-refractivity contribution in [3.05, 3.63) is 24.3 Å². The number of aliphatic carboxylic acids is 1. The molecule has 0 aliphatic carbocycles. The van der Waals surface area contributed by atoms with Crippen LogP contribution in [0.3, 0.4) is 0 Å². The maximum atomic E-state index is 10.5. The van der Waals surface area contributed by atoms with Gasteiger partial charge in [-0.05, 0) is 32.1 Å². The Hall–Kier alpha value is -1.21. The molecule has 6 heteroatoms. The highest BCUT2D eigenvalue weighted by atomic mass is 16.5. The molecule has 150 valence electrons. The van der Waals surface area contributed by atoms with Gasteiger partial charge in [0.05, 0.1) is 24.4 Å². The summed E-state index contributed by atoms with van der Waals surface area (Å²) in [6, 6.07) is 0. The zero-order valence-corrected chi connectivity index (χ0v) is 15.7. The Balaban J connectivity index is 2.31. The Morgan fingerprint density at radius 1 is 1.23 bits per heavy atom. The molecule has 1 saturated heterocycles. The SMILES string of the molecule is CCCCC/C=C\C[C@H](O)/C=C/[C@@H]1O[C@@H]([C@@H](O)CCCC(=O)O)C[C@H]1O. The molecule has 0 unspecified atom stereocenters. The molecule has 1 rings (SSSR count). The molecule has 0 spiro atoms. The minimum atomic E-state index is -0.890. The van der Waals surface area contributed by atoms with Crippen LogP contribution in [-0.4, -0.2) is 56.9 Å². The van der Waals surface area contributed by atoms with Crippen LogP contribution in [-0.2, 0) is 9.53 Å². The summed E-state index contributed by atoms with van der Waals surface area (Å²) in [5.41, 5.74) is 0. The van der Waals surface area contributed by atoms with Crippen LogP contribution < -0.4 is 0 Å². The molecule has 5 atom stereocenters. The molecule has 0 amide bonds. The highest BCUT2D eigenvalue weighted by molar-refractivity contribution is 5.66. The average Bonchev–Trinajstić information content (AvgIpc) is 2.96. The van der Waals surface area contributed by atoms with Crippen molar-refractivity contribution < 1.29 is 30.0 Å². The fraction of sp³-hybridized carbons (Fsp3) is 0.750. The largest absolute Gasteiger partial charge is 0.481 e. The number of hydrogen-bond donors (Lipinski definition) is 4. The van der Waals surface area contributed by atoms with E-state index in [1.165, 1.54) is 12.8 Å². The quantitative estimate of drug-likeness (QED) is 0.293. The van der Waals surface area contributed by atoms with Gasteiger partial charge in [-0.15, -0.1) is 0 Å². The Bertz CT molecular complexity index is 448. The normalized spacial score (nSPS) is 25.9. The number of carboxylic acid groups (broad SMARTS) is 1. The molecule has 0 aromatic carbocycles. The van der Waals surface area contributed by atoms with E-state index in [1.807, 2.05) is 6.08 Å². The third-order valence-electron chi connectivity index (χ3n) is 4.55. The first kappa shape index (κ1) is 22.8. The zero-order chi connectivity index (χ0) is 19.4. The Labute approximate surface area is 156 Å². The van der Waals surface area contributed by atoms with E-state index in [4.69, 9.17) is 9.84 Å². The summed E-state index contributed by atoms with van der Waals surface area (Å²) in [4.78, 5) is 10.5. The minimum absolute atomic E-state index is 0.00776. The number of aliphatic hydroxyl groups is 3. The van der Waals surface area contributed by atoms with E-state index in [9.17, 15) is 20.1 Å². The first-order valence-corrected chi connectivity index (χ1v) is 9.68. The van der Waals surface area contributed by atoms with E-state index < -0.39 is 36.5 Å². The van der Waals surface area contributed by atoms with Crippen molar-refractivity contribution in [3.63, 3.8) is 0 Å². The second kappa shape index (κ2) is 13.0. The molecule has 0 aromatic rings. The average molecular weight is 370 g/mol. The second-order valence-corrected chi connectivity index (χ2v) is 6.95. The van der Waals surface area contributed by atoms with E-state index >= 15 is 0 Å². The lowest BCUT2D eigenvalue weighted by molar-refractivity contribution is -0.137. The lowest BCUT2D eigenvalue weighted by atomic mass is 10.0. The molecule has 0 radical (unpaired) electrons. The molecule has 1 aliphatic rings. The van der Waals surface area contributed by atoms with Crippen molar-refractivity contribution in [3.8, 4) is 0 Å². The van der Waals surface area contributed by atoms with Gasteiger partial charge in [0.25, 0.3) is 0 Å². The molecule has 1 heterocycles. The van der Waals surface area contributed by atoms with E-state index in [1.54, 1.807) is 12.2 Å². The fourth-order valence-electron chi connectivity index (χ4n) is 2.97. The minimum Gasteiger partial charge on any atom is -0.481 e. The summed E-state index contributed by atoms with van der Waals surface area (Å²) in [5.74, 6) is -0.890. The standard InChI is InChI=1S/C20H34O6/c1-2-3-4-5-6-7-9-15(21)12-13-18-17(23)14-19(26-18)16(22)10-8-11-20(24)25/h6-7,12-13,15-19,21-23H,2-5,8-11,14H2,1H3,(H,24,25)/b7-6-,13-12+/t15-,16-,17+,18-,19+/m0/s1. The maximum Gasteiger partial charge on any atom is 0.303 e. The van der Waals surface area contributed by atoms with Crippen molar-refractivity contribution in [2.45, 2.75) is 95.2 Å². The summed E-state index contributed by atoms with van der Waals surface area (Å²) < 4.78 is 5.65. The van der Waals surface area contributed by atoms with Crippen molar-refractivity contribution in [1.82, 2.24) is 0 Å². The lowest BCUT2D eigenvalue weighted by Gasteiger charge is -2.17. The summed E-state index contributed by atoms with van der Waals surface area (Å²) in [6.45, 7) is 2.16. The van der Waals surface area contributed by atoms with Crippen LogP contribution in [0.15, 0.2) is 24.3 Å². The summed E-state index contributed by atoms with van der Waals surface area (Å²) in [7, 11) is 0. The van der Waals surface area contributed by atoms with Crippen LogP contribution in [0.2, 0.25) is 0 Å². The van der Waals surface area contributed by atoms with Gasteiger partial charge in [-0.2, -0.15) is 0 Å². The molecule has 1 aliphatic heterocycles. The van der Waals surface area contributed by atoms with E-state index in [0.29, 0.717) is 25.7 Å². The van der Waals surface area contributed by atoms with Gasteiger partial charge in [0.1, 0.15) is 6.10 Å². The summed E-state index contributed by atoms with van der Waals surface area (Å²) in [5, 5.41) is 38.7. The van der Waals surface area contributed by atoms with Crippen LogP contribution in [0.4, 0.5) is 0 Å². The van der Waals surface area contributed by atoms with Crippen molar-refractivity contribution in [1.29, 1.82) is 0 Å². The zero-order valence-electron chi connectivity index (χ0n) is 15.7. The molecular formula is C20H34O6.